The van der Waals surface area contributed by atoms with Crippen LogP contribution in [0.2, 0.25) is 0 Å². The highest BCUT2D eigenvalue weighted by molar-refractivity contribution is 9.10. The van der Waals surface area contributed by atoms with Gasteiger partial charge in [-0.3, -0.25) is 0 Å². The van der Waals surface area contributed by atoms with Crippen molar-refractivity contribution in [3.05, 3.63) is 67.9 Å². The van der Waals surface area contributed by atoms with Crippen LogP contribution in [-0.4, -0.2) is 6.54 Å². The van der Waals surface area contributed by atoms with E-state index in [0.717, 1.165) is 23.0 Å². The highest BCUT2D eigenvalue weighted by Crippen LogP contribution is 2.31. The van der Waals surface area contributed by atoms with Crippen molar-refractivity contribution in [3.8, 4) is 0 Å². The summed E-state index contributed by atoms with van der Waals surface area (Å²) in [6, 6.07) is 11.5. The minimum Gasteiger partial charge on any atom is -0.306 e. The fraction of sp³-hybridized carbons (Fsp3) is 0.294. The Balaban J connectivity index is 2.46. The molecule has 0 saturated carbocycles. The first-order valence-electron chi connectivity index (χ1n) is 6.97. The number of hydrogen-bond acceptors (Lipinski definition) is 1. The normalized spacial score (nSPS) is 12.4. The molecular formula is C17H18Br2FN. The van der Waals surface area contributed by atoms with Crippen LogP contribution in [0.5, 0.6) is 0 Å². The minimum atomic E-state index is -0.240. The molecule has 0 spiro atoms. The van der Waals surface area contributed by atoms with Crippen LogP contribution in [0.3, 0.4) is 0 Å². The van der Waals surface area contributed by atoms with E-state index in [4.69, 9.17) is 0 Å². The lowest BCUT2D eigenvalue weighted by atomic mass is 9.97. The molecule has 0 aromatic heterocycles. The van der Waals surface area contributed by atoms with Crippen molar-refractivity contribution in [1.82, 2.24) is 5.32 Å². The largest absolute Gasteiger partial charge is 0.306 e. The summed E-state index contributed by atoms with van der Waals surface area (Å²) >= 11 is 6.90. The molecule has 2 aromatic rings. The molecule has 0 aliphatic heterocycles. The molecule has 2 rings (SSSR count). The van der Waals surface area contributed by atoms with Crippen LogP contribution in [0.1, 0.15) is 36.1 Å². The fourth-order valence-corrected chi connectivity index (χ4v) is 3.14. The number of halogens is 3. The van der Waals surface area contributed by atoms with E-state index in [1.165, 1.54) is 17.2 Å². The topological polar surface area (TPSA) is 12.0 Å². The number of hydrogen-bond donors (Lipinski definition) is 1. The number of rotatable bonds is 5. The van der Waals surface area contributed by atoms with E-state index in [1.54, 1.807) is 0 Å². The van der Waals surface area contributed by atoms with Crippen molar-refractivity contribution in [3.63, 3.8) is 0 Å². The van der Waals surface area contributed by atoms with Gasteiger partial charge < -0.3 is 5.32 Å². The van der Waals surface area contributed by atoms with E-state index in [0.29, 0.717) is 4.47 Å². The maximum absolute atomic E-state index is 13.5. The van der Waals surface area contributed by atoms with E-state index in [2.05, 4.69) is 69.2 Å². The van der Waals surface area contributed by atoms with Crippen LogP contribution in [0.25, 0.3) is 0 Å². The molecule has 0 aliphatic carbocycles. The second-order valence-electron chi connectivity index (χ2n) is 5.09. The maximum atomic E-state index is 13.5. The second-order valence-corrected chi connectivity index (χ2v) is 6.79. The van der Waals surface area contributed by atoms with Gasteiger partial charge in [0.2, 0.25) is 0 Å². The first-order valence-corrected chi connectivity index (χ1v) is 8.56. The van der Waals surface area contributed by atoms with E-state index < -0.39 is 0 Å². The zero-order valence-corrected chi connectivity index (χ0v) is 15.3. The molecule has 0 fully saturated rings. The summed E-state index contributed by atoms with van der Waals surface area (Å²) in [4.78, 5) is 0. The van der Waals surface area contributed by atoms with Crippen LogP contribution < -0.4 is 5.32 Å². The Labute approximate surface area is 142 Å². The van der Waals surface area contributed by atoms with E-state index in [-0.39, 0.29) is 11.9 Å². The van der Waals surface area contributed by atoms with Gasteiger partial charge in [0.1, 0.15) is 5.82 Å². The summed E-state index contributed by atoms with van der Waals surface area (Å²) in [5, 5.41) is 3.54. The van der Waals surface area contributed by atoms with Gasteiger partial charge in [-0.2, -0.15) is 0 Å². The Morgan fingerprint density at radius 2 is 1.86 bits per heavy atom. The van der Waals surface area contributed by atoms with Crippen molar-refractivity contribution in [2.75, 3.05) is 6.54 Å². The fourth-order valence-electron chi connectivity index (χ4n) is 2.27. The molecule has 0 aliphatic rings. The third-order valence-electron chi connectivity index (χ3n) is 3.34. The average Bonchev–Trinajstić information content (AvgIpc) is 2.46. The first kappa shape index (κ1) is 16.7. The zero-order valence-electron chi connectivity index (χ0n) is 12.1. The Hall–Kier alpha value is -0.710. The Bertz CT molecular complexity index is 628. The van der Waals surface area contributed by atoms with Gasteiger partial charge >= 0.3 is 0 Å². The highest BCUT2D eigenvalue weighted by Gasteiger charge is 2.17. The van der Waals surface area contributed by atoms with E-state index in [9.17, 15) is 4.39 Å². The first-order chi connectivity index (χ1) is 10.0. The zero-order chi connectivity index (χ0) is 15.4. The van der Waals surface area contributed by atoms with Gasteiger partial charge in [0, 0.05) is 4.47 Å². The predicted molar refractivity (Wildman–Crippen MR) is 93.1 cm³/mol. The van der Waals surface area contributed by atoms with Gasteiger partial charge in [-0.05, 0) is 65.1 Å². The Morgan fingerprint density at radius 1 is 1.10 bits per heavy atom. The summed E-state index contributed by atoms with van der Waals surface area (Å²) in [7, 11) is 0. The smallest absolute Gasteiger partial charge is 0.137 e. The molecule has 112 valence electrons. The quantitative estimate of drug-likeness (QED) is 0.656. The molecule has 0 amide bonds. The van der Waals surface area contributed by atoms with Crippen LogP contribution in [0, 0.1) is 12.7 Å². The summed E-state index contributed by atoms with van der Waals surface area (Å²) in [5.74, 6) is -0.240. The summed E-state index contributed by atoms with van der Waals surface area (Å²) in [6.45, 7) is 5.11. The van der Waals surface area contributed by atoms with Gasteiger partial charge in [-0.15, -0.1) is 0 Å². The lowest BCUT2D eigenvalue weighted by molar-refractivity contribution is 0.589. The van der Waals surface area contributed by atoms with Gasteiger partial charge in [-0.1, -0.05) is 46.6 Å². The maximum Gasteiger partial charge on any atom is 0.137 e. The van der Waals surface area contributed by atoms with Crippen molar-refractivity contribution in [2.45, 2.75) is 26.3 Å². The molecule has 2 aromatic carbocycles. The minimum absolute atomic E-state index is 0.0381. The van der Waals surface area contributed by atoms with Crippen LogP contribution in [0.15, 0.2) is 45.3 Å². The summed E-state index contributed by atoms with van der Waals surface area (Å²) in [5.41, 5.74) is 3.42. The standard InChI is InChI=1S/C17H18Br2FN/c1-3-8-21-17(12-5-7-16(20)15(19)10-12)13-9-11(2)4-6-14(13)18/h4-7,9-10,17,21H,3,8H2,1-2H3. The Kier molecular flexibility index (Phi) is 5.97. The summed E-state index contributed by atoms with van der Waals surface area (Å²) < 4.78 is 15.0. The Morgan fingerprint density at radius 3 is 2.52 bits per heavy atom. The molecule has 4 heteroatoms. The lowest BCUT2D eigenvalue weighted by Gasteiger charge is -2.22. The number of nitrogens with one attached hydrogen (secondary N) is 1. The van der Waals surface area contributed by atoms with Gasteiger partial charge in [0.15, 0.2) is 0 Å². The molecular weight excluding hydrogens is 397 g/mol. The lowest BCUT2D eigenvalue weighted by Crippen LogP contribution is -2.23. The average molecular weight is 415 g/mol. The van der Waals surface area contributed by atoms with Crippen LogP contribution in [0.4, 0.5) is 4.39 Å². The molecule has 1 unspecified atom stereocenters. The van der Waals surface area contributed by atoms with Crippen molar-refractivity contribution in [2.24, 2.45) is 0 Å². The van der Waals surface area contributed by atoms with Crippen molar-refractivity contribution in [1.29, 1.82) is 0 Å². The van der Waals surface area contributed by atoms with E-state index >= 15 is 0 Å². The van der Waals surface area contributed by atoms with Crippen molar-refractivity contribution >= 4 is 31.9 Å². The molecule has 1 N–H and O–H groups in total. The molecule has 1 nitrogen and oxygen atoms in total. The van der Waals surface area contributed by atoms with Gasteiger partial charge in [0.25, 0.3) is 0 Å². The van der Waals surface area contributed by atoms with Crippen LogP contribution >= 0.6 is 31.9 Å². The molecule has 0 bridgehead atoms. The van der Waals surface area contributed by atoms with Gasteiger partial charge in [-0.25, -0.2) is 4.39 Å². The SMILES string of the molecule is CCCNC(c1ccc(F)c(Br)c1)c1cc(C)ccc1Br. The highest BCUT2D eigenvalue weighted by atomic mass is 79.9. The molecule has 0 saturated heterocycles. The number of aryl methyl sites for hydroxylation is 1. The summed E-state index contributed by atoms with van der Waals surface area (Å²) in [6.07, 6.45) is 1.04. The third kappa shape index (κ3) is 4.15. The second kappa shape index (κ2) is 7.52. The van der Waals surface area contributed by atoms with Crippen LogP contribution in [-0.2, 0) is 0 Å². The molecule has 21 heavy (non-hydrogen) atoms. The van der Waals surface area contributed by atoms with Gasteiger partial charge in [0.05, 0.1) is 10.5 Å². The number of benzene rings is 2. The van der Waals surface area contributed by atoms with Crippen molar-refractivity contribution < 1.29 is 4.39 Å². The third-order valence-corrected chi connectivity index (χ3v) is 4.67. The molecule has 0 radical (unpaired) electrons. The molecule has 0 heterocycles. The predicted octanol–water partition coefficient (Wildman–Crippen LogP) is 5.75. The van der Waals surface area contributed by atoms with E-state index in [1.807, 2.05) is 12.1 Å². The molecule has 1 atom stereocenters. The monoisotopic (exact) mass is 413 g/mol.